The topological polar surface area (TPSA) is 186 Å². The fourth-order valence-corrected chi connectivity index (χ4v) is 3.13. The van der Waals surface area contributed by atoms with Gasteiger partial charge in [0.25, 0.3) is 0 Å². The quantitative estimate of drug-likeness (QED) is 0.331. The van der Waals surface area contributed by atoms with Gasteiger partial charge in [0.1, 0.15) is 30.4 Å². The molecule has 1 aliphatic heterocycles. The van der Waals surface area contributed by atoms with Crippen LogP contribution in [0.4, 0.5) is 5.82 Å². The number of aliphatic hydroxyl groups is 3. The zero-order chi connectivity index (χ0) is 19.8. The molecule has 0 aromatic carbocycles. The molecule has 2 aromatic heterocycles. The highest BCUT2D eigenvalue weighted by Crippen LogP contribution is 2.32. The maximum atomic E-state index is 11.2. The fourth-order valence-electron chi connectivity index (χ4n) is 2.66. The molecule has 4 atom stereocenters. The number of nitrogens with zero attached hydrogens (tertiary/aromatic N) is 4. The normalized spacial score (nSPS) is 25.5. The van der Waals surface area contributed by atoms with Gasteiger partial charge in [0, 0.05) is 6.54 Å². The van der Waals surface area contributed by atoms with Crippen LogP contribution in [0.1, 0.15) is 12.1 Å². The minimum absolute atomic E-state index is 0.0409. The predicted molar refractivity (Wildman–Crippen MR) is 92.5 cm³/mol. The van der Waals surface area contributed by atoms with Gasteiger partial charge in [0.15, 0.2) is 17.7 Å². The number of hydrogen-bond acceptors (Lipinski definition) is 10. The van der Waals surface area contributed by atoms with Gasteiger partial charge in [-0.15, -0.1) is 0 Å². The molecule has 0 spiro atoms. The summed E-state index contributed by atoms with van der Waals surface area (Å²) in [6.07, 6.45) is -2.48. The molecule has 0 saturated carbocycles. The van der Waals surface area contributed by atoms with Gasteiger partial charge in [-0.05, 0) is 5.92 Å². The van der Waals surface area contributed by atoms with Crippen LogP contribution in [0, 0.1) is 11.8 Å². The standard InChI is InChI=1S/C14H18N6O6S/c1-27(24,25)17-5-7-10(22)11(23)14(26-7)20-6-16-9-12(15)18-8(3-2-4-21)19-13(9)20/h6-7,10-11,14,17,21-23H,4-5H2,1H3,(H2,15,18,19)/t7-,10-,11-,14-/m1/s1. The monoisotopic (exact) mass is 398 g/mol. The molecule has 12 nitrogen and oxygen atoms in total. The van der Waals surface area contributed by atoms with E-state index in [0.29, 0.717) is 0 Å². The summed E-state index contributed by atoms with van der Waals surface area (Å²) in [5, 5.41) is 29.3. The van der Waals surface area contributed by atoms with E-state index >= 15 is 0 Å². The third kappa shape index (κ3) is 4.00. The zero-order valence-electron chi connectivity index (χ0n) is 14.1. The van der Waals surface area contributed by atoms with Crippen LogP contribution in [0.25, 0.3) is 11.2 Å². The van der Waals surface area contributed by atoms with E-state index in [1.807, 2.05) is 0 Å². The van der Waals surface area contributed by atoms with Crippen molar-refractivity contribution in [1.82, 2.24) is 24.2 Å². The van der Waals surface area contributed by atoms with Crippen LogP contribution in [0.5, 0.6) is 0 Å². The highest BCUT2D eigenvalue weighted by atomic mass is 32.2. The Morgan fingerprint density at radius 3 is 2.78 bits per heavy atom. The second kappa shape index (κ2) is 7.35. The summed E-state index contributed by atoms with van der Waals surface area (Å²) in [6.45, 7) is -0.600. The number of imidazole rings is 1. The number of ether oxygens (including phenoxy) is 1. The average Bonchev–Trinajstić information content (AvgIpc) is 3.13. The predicted octanol–water partition coefficient (Wildman–Crippen LogP) is -3.08. The van der Waals surface area contributed by atoms with Crippen molar-refractivity contribution < 1.29 is 28.5 Å². The number of nitrogen functional groups attached to an aromatic ring is 1. The Morgan fingerprint density at radius 2 is 2.11 bits per heavy atom. The number of fused-ring (bicyclic) bond motifs is 1. The molecule has 0 unspecified atom stereocenters. The van der Waals surface area contributed by atoms with E-state index in [0.717, 1.165) is 6.26 Å². The van der Waals surface area contributed by atoms with Crippen LogP contribution in [-0.4, -0.2) is 81.0 Å². The van der Waals surface area contributed by atoms with Crippen LogP contribution < -0.4 is 10.5 Å². The van der Waals surface area contributed by atoms with E-state index in [2.05, 4.69) is 31.5 Å². The number of hydrogen-bond donors (Lipinski definition) is 5. The molecule has 3 heterocycles. The molecule has 3 rings (SSSR count). The Kier molecular flexibility index (Phi) is 5.29. The molecule has 1 aliphatic rings. The highest BCUT2D eigenvalue weighted by Gasteiger charge is 2.44. The van der Waals surface area contributed by atoms with Crippen molar-refractivity contribution in [1.29, 1.82) is 0 Å². The van der Waals surface area contributed by atoms with Gasteiger partial charge in [-0.1, -0.05) is 5.92 Å². The first-order valence-corrected chi connectivity index (χ1v) is 9.66. The summed E-state index contributed by atoms with van der Waals surface area (Å²) in [5.41, 5.74) is 6.29. The molecule has 0 amide bonds. The Labute approximate surface area is 154 Å². The number of aliphatic hydroxyl groups excluding tert-OH is 3. The van der Waals surface area contributed by atoms with Gasteiger partial charge in [-0.2, -0.15) is 0 Å². The summed E-state index contributed by atoms with van der Waals surface area (Å²) < 4.78 is 31.7. The van der Waals surface area contributed by atoms with E-state index in [9.17, 15) is 18.6 Å². The molecule has 146 valence electrons. The fraction of sp³-hybridized carbons (Fsp3) is 0.500. The minimum atomic E-state index is -3.49. The molecule has 13 heteroatoms. The summed E-state index contributed by atoms with van der Waals surface area (Å²) >= 11 is 0. The zero-order valence-corrected chi connectivity index (χ0v) is 15.0. The lowest BCUT2D eigenvalue weighted by molar-refractivity contribution is -0.0330. The van der Waals surface area contributed by atoms with Gasteiger partial charge in [-0.25, -0.2) is 28.1 Å². The average molecular weight is 398 g/mol. The van der Waals surface area contributed by atoms with Gasteiger partial charge >= 0.3 is 0 Å². The van der Waals surface area contributed by atoms with Crippen molar-refractivity contribution in [2.45, 2.75) is 24.5 Å². The molecule has 6 N–H and O–H groups in total. The summed E-state index contributed by atoms with van der Waals surface area (Å²) in [6, 6.07) is 0. The molecule has 0 bridgehead atoms. The number of nitrogens with one attached hydrogen (secondary N) is 1. The van der Waals surface area contributed by atoms with Crippen LogP contribution in [0.3, 0.4) is 0 Å². The van der Waals surface area contributed by atoms with Gasteiger partial charge in [0.2, 0.25) is 15.8 Å². The highest BCUT2D eigenvalue weighted by molar-refractivity contribution is 7.88. The van der Waals surface area contributed by atoms with Crippen LogP contribution >= 0.6 is 0 Å². The van der Waals surface area contributed by atoms with Crippen molar-refractivity contribution in [3.63, 3.8) is 0 Å². The van der Waals surface area contributed by atoms with E-state index < -0.39 is 34.6 Å². The Hall–Kier alpha value is -2.34. The molecule has 2 aromatic rings. The van der Waals surface area contributed by atoms with Crippen molar-refractivity contribution >= 4 is 27.0 Å². The second-order valence-electron chi connectivity index (χ2n) is 5.88. The molecular formula is C14H18N6O6S. The largest absolute Gasteiger partial charge is 0.387 e. The first-order valence-electron chi connectivity index (χ1n) is 7.77. The van der Waals surface area contributed by atoms with E-state index in [-0.39, 0.29) is 36.0 Å². The summed E-state index contributed by atoms with van der Waals surface area (Å²) in [5.74, 6) is 5.02. The summed E-state index contributed by atoms with van der Waals surface area (Å²) in [4.78, 5) is 12.2. The van der Waals surface area contributed by atoms with Crippen molar-refractivity contribution in [3.8, 4) is 11.8 Å². The molecule has 0 aliphatic carbocycles. The smallest absolute Gasteiger partial charge is 0.209 e. The lowest BCUT2D eigenvalue weighted by Crippen LogP contribution is -2.39. The molecule has 0 radical (unpaired) electrons. The number of sulfonamides is 1. The Balaban J connectivity index is 1.93. The Morgan fingerprint density at radius 1 is 1.37 bits per heavy atom. The third-order valence-electron chi connectivity index (χ3n) is 3.89. The van der Waals surface area contributed by atoms with Gasteiger partial charge < -0.3 is 25.8 Å². The van der Waals surface area contributed by atoms with E-state index in [1.54, 1.807) is 0 Å². The SMILES string of the molecule is CS(=O)(=O)NC[C@H]1O[C@@H](n2cnc3c(N)nc(C#CCO)nc32)[C@H](O)[C@@H]1O. The van der Waals surface area contributed by atoms with Crippen LogP contribution in [0.15, 0.2) is 6.33 Å². The van der Waals surface area contributed by atoms with Crippen LogP contribution in [0.2, 0.25) is 0 Å². The third-order valence-corrected chi connectivity index (χ3v) is 4.58. The maximum absolute atomic E-state index is 11.2. The molecule has 1 fully saturated rings. The lowest BCUT2D eigenvalue weighted by atomic mass is 10.1. The van der Waals surface area contributed by atoms with Crippen LogP contribution in [-0.2, 0) is 14.8 Å². The van der Waals surface area contributed by atoms with Gasteiger partial charge in [-0.3, -0.25) is 4.57 Å². The summed E-state index contributed by atoms with van der Waals surface area (Å²) in [7, 11) is -3.49. The number of aromatic nitrogens is 4. The van der Waals surface area contributed by atoms with E-state index in [4.69, 9.17) is 15.6 Å². The van der Waals surface area contributed by atoms with Gasteiger partial charge in [0.05, 0.1) is 12.6 Å². The minimum Gasteiger partial charge on any atom is -0.387 e. The number of anilines is 1. The molecule has 1 saturated heterocycles. The first-order chi connectivity index (χ1) is 12.7. The van der Waals surface area contributed by atoms with E-state index in [1.165, 1.54) is 10.9 Å². The van der Waals surface area contributed by atoms with Crippen molar-refractivity contribution in [2.75, 3.05) is 25.1 Å². The lowest BCUT2D eigenvalue weighted by Gasteiger charge is -2.16. The number of rotatable bonds is 4. The second-order valence-corrected chi connectivity index (χ2v) is 7.72. The molecular weight excluding hydrogens is 380 g/mol. The Bertz CT molecular complexity index is 1010. The first kappa shape index (κ1) is 19.4. The van der Waals surface area contributed by atoms with Crippen molar-refractivity contribution in [2.24, 2.45) is 0 Å². The maximum Gasteiger partial charge on any atom is 0.209 e. The molecule has 27 heavy (non-hydrogen) atoms. The van der Waals surface area contributed by atoms with Crippen molar-refractivity contribution in [3.05, 3.63) is 12.2 Å². The number of nitrogens with two attached hydrogens (primary N) is 1.